The Balaban J connectivity index is 0.00000259. The predicted molar refractivity (Wildman–Crippen MR) is 197 cm³/mol. The standard InChI is InChI=1S/C32H67O2PS2.C5H5N/c1-3-5-7-9-11-13-15-17-19-21-23-25-27-29-31-33-35(36,37)34-32-30-28-26-24-22-20-18-16-14-12-10-8-6-4-2;1-2-4-6-5-3-1/h3-32H2,1-2H3,(H,36,37);1-5H. The summed E-state index contributed by atoms with van der Waals surface area (Å²) in [5, 5.41) is 0. The highest BCUT2D eigenvalue weighted by atomic mass is 32.9. The molecule has 0 aliphatic heterocycles. The highest BCUT2D eigenvalue weighted by Crippen LogP contribution is 2.46. The average molecular weight is 658 g/mol. The molecule has 1 aromatic rings. The molecule has 0 atom stereocenters. The number of nitrogens with one attached hydrogen (secondary N) is 1. The minimum atomic E-state index is -2.45. The van der Waals surface area contributed by atoms with E-state index in [9.17, 15) is 0 Å². The number of H-pyrrole nitrogens is 1. The van der Waals surface area contributed by atoms with Crippen molar-refractivity contribution < 1.29 is 14.0 Å². The molecule has 0 saturated heterocycles. The van der Waals surface area contributed by atoms with E-state index in [4.69, 9.17) is 33.1 Å². The molecule has 1 heterocycles. The lowest BCUT2D eigenvalue weighted by Crippen LogP contribution is -1.97. The molecule has 0 aliphatic rings. The molecule has 1 N–H and O–H groups in total. The molecule has 1 aromatic heterocycles. The van der Waals surface area contributed by atoms with Gasteiger partial charge in [0.1, 0.15) is 0 Å². The van der Waals surface area contributed by atoms with Gasteiger partial charge in [0.05, 0.1) is 18.9 Å². The highest BCUT2D eigenvalue weighted by molar-refractivity contribution is 8.51. The maximum Gasteiger partial charge on any atom is 0.166 e. The molecule has 3 nitrogen and oxygen atoms in total. The maximum absolute atomic E-state index is 5.77. The molecule has 254 valence electrons. The third-order valence-electron chi connectivity index (χ3n) is 8.10. The molecule has 0 fully saturated rings. The molecule has 0 aromatic carbocycles. The summed E-state index contributed by atoms with van der Waals surface area (Å²) >= 11 is 10.8. The van der Waals surface area contributed by atoms with Crippen LogP contribution in [0.2, 0.25) is 0 Å². The number of aromatic amines is 1. The van der Waals surface area contributed by atoms with Crippen molar-refractivity contribution in [2.45, 2.75) is 194 Å². The number of pyridine rings is 1. The van der Waals surface area contributed by atoms with Crippen LogP contribution in [0.25, 0.3) is 0 Å². The van der Waals surface area contributed by atoms with E-state index in [-0.39, 0.29) is 0 Å². The van der Waals surface area contributed by atoms with E-state index in [1.54, 1.807) is 0 Å². The van der Waals surface area contributed by atoms with Gasteiger partial charge in [-0.25, -0.2) is 4.98 Å². The van der Waals surface area contributed by atoms with Crippen molar-refractivity contribution in [2.75, 3.05) is 13.2 Å². The Bertz CT molecular complexity index is 615. The molecule has 0 aliphatic carbocycles. The molecule has 43 heavy (non-hydrogen) atoms. The highest BCUT2D eigenvalue weighted by Gasteiger charge is 2.03. The number of rotatable bonds is 32. The number of hydrogen-bond donors (Lipinski definition) is 0. The predicted octanol–water partition coefficient (Wildman–Crippen LogP) is 13.3. The zero-order valence-corrected chi connectivity index (χ0v) is 31.2. The van der Waals surface area contributed by atoms with Gasteiger partial charge in [0, 0.05) is 12.1 Å². The fourth-order valence-electron chi connectivity index (χ4n) is 5.33. The molecule has 0 saturated carbocycles. The average Bonchev–Trinajstić information content (AvgIpc) is 3.02. The SMILES string of the molecule is CCCCCCCCCCCCCCCCOP(=S)([S-])OCCCCCCCCCCCCCCCC.c1cc[nH+]cc1. The summed E-state index contributed by atoms with van der Waals surface area (Å²) in [6, 6.07) is 5.86. The second kappa shape index (κ2) is 36.5. The van der Waals surface area contributed by atoms with E-state index in [1.807, 2.05) is 30.6 Å². The first-order valence-electron chi connectivity index (χ1n) is 18.6. The monoisotopic (exact) mass is 657 g/mol. The van der Waals surface area contributed by atoms with Crippen LogP contribution in [-0.2, 0) is 33.1 Å². The zero-order valence-electron chi connectivity index (χ0n) is 28.7. The number of unbranched alkanes of at least 4 members (excludes halogenated alkanes) is 26. The Hall–Kier alpha value is 0.0700. The Morgan fingerprint density at radius 3 is 0.907 bits per heavy atom. The van der Waals surface area contributed by atoms with Crippen molar-refractivity contribution in [1.29, 1.82) is 0 Å². The van der Waals surface area contributed by atoms with Crippen molar-refractivity contribution >= 4 is 29.7 Å². The third-order valence-corrected chi connectivity index (χ3v) is 10.4. The second-order valence-electron chi connectivity index (χ2n) is 12.4. The molecule has 0 radical (unpaired) electrons. The minimum Gasteiger partial charge on any atom is -0.691 e. The van der Waals surface area contributed by atoms with Crippen molar-refractivity contribution in [3.8, 4) is 0 Å². The third kappa shape index (κ3) is 38.2. The van der Waals surface area contributed by atoms with Gasteiger partial charge in [-0.3, -0.25) is 0 Å². The van der Waals surface area contributed by atoms with Gasteiger partial charge in [0.2, 0.25) is 0 Å². The number of aromatic nitrogens is 1. The van der Waals surface area contributed by atoms with Gasteiger partial charge in [-0.2, -0.15) is 0 Å². The van der Waals surface area contributed by atoms with Crippen LogP contribution in [0.3, 0.4) is 0 Å². The van der Waals surface area contributed by atoms with Gasteiger partial charge in [0.15, 0.2) is 12.4 Å². The van der Waals surface area contributed by atoms with Crippen molar-refractivity contribution in [1.82, 2.24) is 0 Å². The Morgan fingerprint density at radius 1 is 0.442 bits per heavy atom. The summed E-state index contributed by atoms with van der Waals surface area (Å²) in [6.07, 6.45) is 42.0. The number of hydrogen-bond acceptors (Lipinski definition) is 4. The van der Waals surface area contributed by atoms with Crippen molar-refractivity contribution in [3.63, 3.8) is 0 Å². The van der Waals surface area contributed by atoms with E-state index in [0.717, 1.165) is 12.8 Å². The smallest absolute Gasteiger partial charge is 0.166 e. The maximum atomic E-state index is 5.77. The van der Waals surface area contributed by atoms with Crippen molar-refractivity contribution in [3.05, 3.63) is 30.6 Å². The molecule has 0 unspecified atom stereocenters. The molecule has 0 bridgehead atoms. The fourth-order valence-corrected chi connectivity index (χ4v) is 7.00. The van der Waals surface area contributed by atoms with Gasteiger partial charge in [-0.05, 0) is 12.8 Å². The van der Waals surface area contributed by atoms with Crippen molar-refractivity contribution in [2.24, 2.45) is 0 Å². The van der Waals surface area contributed by atoms with Crippen LogP contribution in [0.15, 0.2) is 30.6 Å². The topological polar surface area (TPSA) is 32.6 Å². The van der Waals surface area contributed by atoms with Crippen LogP contribution in [0, 0.1) is 0 Å². The van der Waals surface area contributed by atoms with Gasteiger partial charge in [-0.15, -0.1) is 0 Å². The summed E-state index contributed by atoms with van der Waals surface area (Å²) in [5.74, 6) is 0. The summed E-state index contributed by atoms with van der Waals surface area (Å²) < 4.78 is 11.5. The largest absolute Gasteiger partial charge is 0.691 e. The van der Waals surface area contributed by atoms with Crippen LogP contribution in [0.1, 0.15) is 194 Å². The van der Waals surface area contributed by atoms with Gasteiger partial charge in [-0.1, -0.05) is 199 Å². The molecule has 0 amide bonds. The lowest BCUT2D eigenvalue weighted by Gasteiger charge is -2.28. The Kier molecular flexibility index (Phi) is 36.6. The molecule has 6 heteroatoms. The summed E-state index contributed by atoms with van der Waals surface area (Å²) in [5.41, 5.74) is -2.45. The Morgan fingerprint density at radius 2 is 0.698 bits per heavy atom. The van der Waals surface area contributed by atoms with E-state index >= 15 is 0 Å². The van der Waals surface area contributed by atoms with Crippen LogP contribution >= 0.6 is 5.69 Å². The fraction of sp³-hybridized carbons (Fsp3) is 0.865. The quantitative estimate of drug-likeness (QED) is 0.0438. The van der Waals surface area contributed by atoms with Gasteiger partial charge >= 0.3 is 0 Å². The first-order chi connectivity index (χ1) is 21.1. The van der Waals surface area contributed by atoms with E-state index in [2.05, 4.69) is 18.8 Å². The Labute approximate surface area is 280 Å². The molecular formula is C37H72NO2PS2. The van der Waals surface area contributed by atoms with E-state index in [1.165, 1.54) is 167 Å². The van der Waals surface area contributed by atoms with Crippen LogP contribution in [0.4, 0.5) is 0 Å². The minimum absolute atomic E-state index is 0.678. The first kappa shape index (κ1) is 43.1. The molecular weight excluding hydrogens is 586 g/mol. The van der Waals surface area contributed by atoms with Crippen LogP contribution in [0.5, 0.6) is 0 Å². The summed E-state index contributed by atoms with van der Waals surface area (Å²) in [7, 11) is 0. The summed E-state index contributed by atoms with van der Waals surface area (Å²) in [4.78, 5) is 2.89. The summed E-state index contributed by atoms with van der Waals surface area (Å²) in [6.45, 7) is 5.93. The zero-order chi connectivity index (χ0) is 31.4. The second-order valence-corrected chi connectivity index (χ2v) is 17.4. The van der Waals surface area contributed by atoms with Gasteiger partial charge in [0.25, 0.3) is 0 Å². The first-order valence-corrected chi connectivity index (χ1v) is 22.3. The van der Waals surface area contributed by atoms with Crippen LogP contribution in [-0.4, -0.2) is 13.2 Å². The molecule has 1 rings (SSSR count). The van der Waals surface area contributed by atoms with E-state index < -0.39 is 5.69 Å². The lowest BCUT2D eigenvalue weighted by molar-refractivity contribution is -0.377. The lowest BCUT2D eigenvalue weighted by atomic mass is 10.0. The van der Waals surface area contributed by atoms with Crippen LogP contribution < -0.4 is 4.98 Å². The van der Waals surface area contributed by atoms with E-state index in [0.29, 0.717) is 13.2 Å². The normalized spacial score (nSPS) is 11.4. The molecule has 0 spiro atoms. The van der Waals surface area contributed by atoms with Gasteiger partial charge < -0.3 is 21.3 Å².